The lowest BCUT2D eigenvalue weighted by molar-refractivity contribution is 0.459. The summed E-state index contributed by atoms with van der Waals surface area (Å²) in [5.41, 5.74) is -0.405. The third-order valence-electron chi connectivity index (χ3n) is 1.34. The molecule has 0 fully saturated rings. The summed E-state index contributed by atoms with van der Waals surface area (Å²) in [6.45, 7) is 3.96. The first-order chi connectivity index (χ1) is 5.61. The first kappa shape index (κ1) is 9.06. The molecule has 0 unspecified atom stereocenters. The minimum atomic E-state index is -0.405. The lowest BCUT2D eigenvalue weighted by Gasteiger charge is -2.02. The first-order valence-electron chi connectivity index (χ1n) is 3.33. The standard InChI is InChI=1S/C8H8BrNO2/c1-6(9)5-10-4-2-3-7(11)8(10)12/h2-4,11H,1,5H2. The van der Waals surface area contributed by atoms with E-state index in [0.29, 0.717) is 11.0 Å². The van der Waals surface area contributed by atoms with Gasteiger partial charge < -0.3 is 9.67 Å². The predicted octanol–water partition coefficient (Wildman–Crippen LogP) is 1.46. The minimum absolute atomic E-state index is 0.244. The quantitative estimate of drug-likeness (QED) is 0.835. The molecule has 12 heavy (non-hydrogen) atoms. The fraction of sp³-hybridized carbons (Fsp3) is 0.125. The Hall–Kier alpha value is -1.03. The molecule has 3 nitrogen and oxygen atoms in total. The van der Waals surface area contributed by atoms with Gasteiger partial charge in [0.05, 0.1) is 6.54 Å². The summed E-state index contributed by atoms with van der Waals surface area (Å²) in [5, 5.41) is 9.03. The molecule has 0 aliphatic carbocycles. The van der Waals surface area contributed by atoms with Crippen molar-refractivity contribution in [1.29, 1.82) is 0 Å². The van der Waals surface area contributed by atoms with Crippen molar-refractivity contribution in [2.45, 2.75) is 6.54 Å². The van der Waals surface area contributed by atoms with Gasteiger partial charge in [-0.05, 0) is 12.1 Å². The van der Waals surface area contributed by atoms with Crippen LogP contribution >= 0.6 is 15.9 Å². The second-order valence-electron chi connectivity index (χ2n) is 2.34. The van der Waals surface area contributed by atoms with Gasteiger partial charge in [-0.15, -0.1) is 0 Å². The molecule has 0 aliphatic rings. The Morgan fingerprint density at radius 1 is 1.75 bits per heavy atom. The Labute approximate surface area is 78.1 Å². The Morgan fingerprint density at radius 2 is 2.42 bits per heavy atom. The maximum atomic E-state index is 11.2. The van der Waals surface area contributed by atoms with E-state index in [2.05, 4.69) is 22.5 Å². The van der Waals surface area contributed by atoms with Gasteiger partial charge in [0.2, 0.25) is 0 Å². The number of aromatic nitrogens is 1. The molecule has 1 N–H and O–H groups in total. The zero-order valence-electron chi connectivity index (χ0n) is 6.33. The molecule has 0 aliphatic heterocycles. The number of allylic oxidation sites excluding steroid dienone is 1. The highest BCUT2D eigenvalue weighted by Gasteiger charge is 1.99. The number of hydrogen-bond acceptors (Lipinski definition) is 2. The van der Waals surface area contributed by atoms with E-state index in [0.717, 1.165) is 0 Å². The summed E-state index contributed by atoms with van der Waals surface area (Å²) in [4.78, 5) is 11.2. The van der Waals surface area contributed by atoms with Crippen molar-refractivity contribution in [3.8, 4) is 5.75 Å². The average Bonchev–Trinajstić information content (AvgIpc) is 1.98. The van der Waals surface area contributed by atoms with Crippen molar-refractivity contribution >= 4 is 15.9 Å². The number of nitrogens with zero attached hydrogens (tertiary/aromatic N) is 1. The molecule has 0 aromatic carbocycles. The number of halogens is 1. The zero-order chi connectivity index (χ0) is 9.14. The molecule has 4 heteroatoms. The van der Waals surface area contributed by atoms with Gasteiger partial charge in [0, 0.05) is 10.7 Å². The molecule has 0 bridgehead atoms. The normalized spacial score (nSPS) is 9.75. The fourth-order valence-electron chi connectivity index (χ4n) is 0.834. The Kier molecular flexibility index (Phi) is 2.70. The summed E-state index contributed by atoms with van der Waals surface area (Å²) < 4.78 is 2.06. The lowest BCUT2D eigenvalue weighted by atomic mass is 10.4. The van der Waals surface area contributed by atoms with E-state index in [4.69, 9.17) is 5.11 Å². The van der Waals surface area contributed by atoms with Gasteiger partial charge in [-0.1, -0.05) is 22.5 Å². The van der Waals surface area contributed by atoms with Gasteiger partial charge in [0.15, 0.2) is 5.75 Å². The molecular weight excluding hydrogens is 222 g/mol. The second-order valence-corrected chi connectivity index (χ2v) is 3.47. The predicted molar refractivity (Wildman–Crippen MR) is 50.4 cm³/mol. The van der Waals surface area contributed by atoms with Crippen molar-refractivity contribution in [1.82, 2.24) is 4.57 Å². The van der Waals surface area contributed by atoms with Crippen LogP contribution in [0, 0.1) is 0 Å². The van der Waals surface area contributed by atoms with E-state index < -0.39 is 5.56 Å². The summed E-state index contributed by atoms with van der Waals surface area (Å²) in [7, 11) is 0. The van der Waals surface area contributed by atoms with Gasteiger partial charge in [-0.3, -0.25) is 4.79 Å². The number of pyridine rings is 1. The lowest BCUT2D eigenvalue weighted by Crippen LogP contribution is -2.18. The van der Waals surface area contributed by atoms with Crippen LogP contribution in [0.5, 0.6) is 5.75 Å². The Bertz CT molecular complexity index is 356. The van der Waals surface area contributed by atoms with Crippen LogP contribution in [-0.4, -0.2) is 9.67 Å². The summed E-state index contributed by atoms with van der Waals surface area (Å²) in [6, 6.07) is 2.96. The molecule has 64 valence electrons. The van der Waals surface area contributed by atoms with Gasteiger partial charge in [0.1, 0.15) is 0 Å². The molecule has 0 amide bonds. The van der Waals surface area contributed by atoms with Gasteiger partial charge >= 0.3 is 0 Å². The third kappa shape index (κ3) is 1.98. The van der Waals surface area contributed by atoms with Crippen molar-refractivity contribution in [3.05, 3.63) is 39.7 Å². The van der Waals surface area contributed by atoms with Gasteiger partial charge in [-0.25, -0.2) is 0 Å². The molecule has 0 spiro atoms. The van der Waals surface area contributed by atoms with Gasteiger partial charge in [-0.2, -0.15) is 0 Å². The van der Waals surface area contributed by atoms with Crippen LogP contribution in [0.1, 0.15) is 0 Å². The third-order valence-corrected chi connectivity index (χ3v) is 1.59. The van der Waals surface area contributed by atoms with Crippen molar-refractivity contribution < 1.29 is 5.11 Å². The maximum absolute atomic E-state index is 11.2. The topological polar surface area (TPSA) is 42.2 Å². The number of rotatable bonds is 2. The highest BCUT2D eigenvalue weighted by molar-refractivity contribution is 9.11. The van der Waals surface area contributed by atoms with Crippen LogP contribution in [0.3, 0.4) is 0 Å². The van der Waals surface area contributed by atoms with Crippen LogP contribution in [0.25, 0.3) is 0 Å². The average molecular weight is 230 g/mol. The highest BCUT2D eigenvalue weighted by atomic mass is 79.9. The summed E-state index contributed by atoms with van der Waals surface area (Å²) in [5.74, 6) is -0.244. The molecule has 1 heterocycles. The monoisotopic (exact) mass is 229 g/mol. The van der Waals surface area contributed by atoms with E-state index in [-0.39, 0.29) is 5.75 Å². The largest absolute Gasteiger partial charge is 0.503 e. The smallest absolute Gasteiger partial charge is 0.292 e. The Morgan fingerprint density at radius 3 is 3.00 bits per heavy atom. The molecule has 1 aromatic heterocycles. The second kappa shape index (κ2) is 3.58. The van der Waals surface area contributed by atoms with Crippen LogP contribution in [-0.2, 0) is 6.54 Å². The molecular formula is C8H8BrNO2. The molecule has 1 aromatic rings. The zero-order valence-corrected chi connectivity index (χ0v) is 7.91. The van der Waals surface area contributed by atoms with Gasteiger partial charge in [0.25, 0.3) is 5.56 Å². The van der Waals surface area contributed by atoms with E-state index in [9.17, 15) is 4.79 Å². The van der Waals surface area contributed by atoms with Crippen LogP contribution in [0.4, 0.5) is 0 Å². The first-order valence-corrected chi connectivity index (χ1v) is 4.12. The van der Waals surface area contributed by atoms with Crippen LogP contribution < -0.4 is 5.56 Å². The molecule has 0 saturated carbocycles. The maximum Gasteiger partial charge on any atom is 0.292 e. The summed E-state index contributed by atoms with van der Waals surface area (Å²) >= 11 is 3.13. The molecule has 0 radical (unpaired) electrons. The van der Waals surface area contributed by atoms with Crippen molar-refractivity contribution in [2.24, 2.45) is 0 Å². The molecule has 0 atom stereocenters. The fourth-order valence-corrected chi connectivity index (χ4v) is 1.10. The van der Waals surface area contributed by atoms with Crippen molar-refractivity contribution in [2.75, 3.05) is 0 Å². The number of hydrogen-bond donors (Lipinski definition) is 1. The van der Waals surface area contributed by atoms with Crippen molar-refractivity contribution in [3.63, 3.8) is 0 Å². The van der Waals surface area contributed by atoms with Crippen LogP contribution in [0.15, 0.2) is 34.2 Å². The van der Waals surface area contributed by atoms with E-state index in [1.807, 2.05) is 0 Å². The number of aromatic hydroxyl groups is 1. The van der Waals surface area contributed by atoms with E-state index in [1.54, 1.807) is 12.3 Å². The molecule has 1 rings (SSSR count). The van der Waals surface area contributed by atoms with Crippen LogP contribution in [0.2, 0.25) is 0 Å². The SMILES string of the molecule is C=C(Br)Cn1cccc(O)c1=O. The van der Waals surface area contributed by atoms with E-state index in [1.165, 1.54) is 10.6 Å². The molecule has 0 saturated heterocycles. The highest BCUT2D eigenvalue weighted by Crippen LogP contribution is 2.04. The Balaban J connectivity index is 3.09. The summed E-state index contributed by atoms with van der Waals surface area (Å²) in [6.07, 6.45) is 1.59. The van der Waals surface area contributed by atoms with E-state index >= 15 is 0 Å². The minimum Gasteiger partial charge on any atom is -0.503 e.